The first-order valence-corrected chi connectivity index (χ1v) is 7.17. The third kappa shape index (κ3) is 2.92. The number of ketones is 1. The van der Waals surface area contributed by atoms with Crippen molar-refractivity contribution in [3.05, 3.63) is 70.2 Å². The lowest BCUT2D eigenvalue weighted by Gasteiger charge is -2.25. The molecule has 102 valence electrons. The average Bonchev–Trinajstić information content (AvgIpc) is 2.49. The Kier molecular flexibility index (Phi) is 3.86. The average molecular weight is 286 g/mol. The van der Waals surface area contributed by atoms with Crippen molar-refractivity contribution in [3.63, 3.8) is 0 Å². The molecule has 1 aliphatic heterocycles. The molecule has 1 unspecified atom stereocenters. The number of Topliss-reactive ketones (excluding diaryl/α,β-unsaturated/α-hetero) is 1. The Morgan fingerprint density at radius 3 is 2.55 bits per heavy atom. The van der Waals surface area contributed by atoms with Crippen LogP contribution in [0.3, 0.4) is 0 Å². The first-order valence-electron chi connectivity index (χ1n) is 6.80. The highest BCUT2D eigenvalue weighted by atomic mass is 35.5. The molecule has 1 aliphatic rings. The van der Waals surface area contributed by atoms with Gasteiger partial charge < -0.3 is 5.32 Å². The first-order chi connectivity index (χ1) is 9.72. The Labute approximate surface area is 123 Å². The number of carbonyl (C=O) groups is 1. The van der Waals surface area contributed by atoms with Crippen LogP contribution in [-0.2, 0) is 24.2 Å². The highest BCUT2D eigenvalue weighted by Gasteiger charge is 2.23. The summed E-state index contributed by atoms with van der Waals surface area (Å²) < 4.78 is 0. The quantitative estimate of drug-likeness (QED) is 0.938. The van der Waals surface area contributed by atoms with E-state index in [0.29, 0.717) is 11.4 Å². The molecule has 2 nitrogen and oxygen atoms in total. The van der Waals surface area contributed by atoms with Gasteiger partial charge in [-0.15, -0.1) is 0 Å². The number of fused-ring (bicyclic) bond motifs is 1. The van der Waals surface area contributed by atoms with Crippen LogP contribution in [0.25, 0.3) is 0 Å². The Bertz CT molecular complexity index is 621. The molecule has 0 amide bonds. The van der Waals surface area contributed by atoms with Gasteiger partial charge in [0.1, 0.15) is 0 Å². The van der Waals surface area contributed by atoms with E-state index in [0.717, 1.165) is 18.5 Å². The summed E-state index contributed by atoms with van der Waals surface area (Å²) in [5, 5.41) is 4.03. The van der Waals surface area contributed by atoms with E-state index in [-0.39, 0.29) is 11.8 Å². The van der Waals surface area contributed by atoms with Gasteiger partial charge in [-0.05, 0) is 35.2 Å². The molecule has 3 rings (SSSR count). The molecule has 0 fully saturated rings. The van der Waals surface area contributed by atoms with E-state index in [9.17, 15) is 4.79 Å². The molecule has 0 bridgehead atoms. The maximum atomic E-state index is 12.4. The molecule has 1 heterocycles. The summed E-state index contributed by atoms with van der Waals surface area (Å²) in [7, 11) is 0. The molecule has 0 saturated heterocycles. The smallest absolute Gasteiger partial charge is 0.154 e. The van der Waals surface area contributed by atoms with Crippen LogP contribution in [0, 0.1) is 0 Å². The maximum Gasteiger partial charge on any atom is 0.154 e. The second-order valence-electron chi connectivity index (χ2n) is 5.18. The number of hydrogen-bond donors (Lipinski definition) is 1. The van der Waals surface area contributed by atoms with Crippen LogP contribution in [0.2, 0.25) is 5.02 Å². The van der Waals surface area contributed by atoms with Crippen molar-refractivity contribution in [2.45, 2.75) is 25.4 Å². The van der Waals surface area contributed by atoms with Gasteiger partial charge in [0.2, 0.25) is 0 Å². The van der Waals surface area contributed by atoms with Gasteiger partial charge >= 0.3 is 0 Å². The van der Waals surface area contributed by atoms with E-state index >= 15 is 0 Å². The molecule has 0 aliphatic carbocycles. The molecular formula is C17H16ClNO. The van der Waals surface area contributed by atoms with Crippen LogP contribution in [-0.4, -0.2) is 11.8 Å². The predicted octanol–water partition coefficient (Wildman–Crippen LogP) is 3.17. The zero-order chi connectivity index (χ0) is 13.9. The van der Waals surface area contributed by atoms with Crippen molar-refractivity contribution in [1.29, 1.82) is 0 Å². The second kappa shape index (κ2) is 5.78. The number of halogens is 1. The van der Waals surface area contributed by atoms with Gasteiger partial charge in [0, 0.05) is 18.0 Å². The monoisotopic (exact) mass is 285 g/mol. The molecule has 2 aromatic carbocycles. The molecule has 20 heavy (non-hydrogen) atoms. The fourth-order valence-corrected chi connectivity index (χ4v) is 2.73. The summed E-state index contributed by atoms with van der Waals surface area (Å²) in [6, 6.07) is 15.7. The third-order valence-electron chi connectivity index (χ3n) is 3.76. The summed E-state index contributed by atoms with van der Waals surface area (Å²) in [5.74, 6) is 0.238. The van der Waals surface area contributed by atoms with E-state index in [1.54, 1.807) is 0 Å². The number of benzene rings is 2. The van der Waals surface area contributed by atoms with Crippen molar-refractivity contribution >= 4 is 17.4 Å². The number of carbonyl (C=O) groups excluding carboxylic acids is 1. The Balaban J connectivity index is 1.68. The van der Waals surface area contributed by atoms with Gasteiger partial charge in [-0.1, -0.05) is 48.0 Å². The maximum absolute atomic E-state index is 12.4. The minimum Gasteiger partial charge on any atom is -0.303 e. The summed E-state index contributed by atoms with van der Waals surface area (Å²) in [6.45, 7) is 0.771. The zero-order valence-corrected chi connectivity index (χ0v) is 11.9. The van der Waals surface area contributed by atoms with Gasteiger partial charge in [0.05, 0.1) is 6.04 Å². The molecular weight excluding hydrogens is 270 g/mol. The lowest BCUT2D eigenvalue weighted by atomic mass is 9.91. The first kappa shape index (κ1) is 13.3. The van der Waals surface area contributed by atoms with E-state index in [1.165, 1.54) is 11.1 Å². The van der Waals surface area contributed by atoms with Crippen LogP contribution in [0.1, 0.15) is 16.7 Å². The van der Waals surface area contributed by atoms with Crippen molar-refractivity contribution in [2.75, 3.05) is 0 Å². The van der Waals surface area contributed by atoms with Crippen LogP contribution in [0.15, 0.2) is 48.5 Å². The largest absolute Gasteiger partial charge is 0.303 e. The van der Waals surface area contributed by atoms with Crippen LogP contribution in [0.5, 0.6) is 0 Å². The Morgan fingerprint density at radius 2 is 1.80 bits per heavy atom. The zero-order valence-electron chi connectivity index (χ0n) is 11.1. The van der Waals surface area contributed by atoms with Crippen LogP contribution >= 0.6 is 11.6 Å². The summed E-state index contributed by atoms with van der Waals surface area (Å²) in [6.07, 6.45) is 1.24. The van der Waals surface area contributed by atoms with Crippen molar-refractivity contribution in [3.8, 4) is 0 Å². The Hall–Kier alpha value is -1.64. The number of nitrogens with one attached hydrogen (secondary N) is 1. The lowest BCUT2D eigenvalue weighted by molar-refractivity contribution is -0.120. The summed E-state index contributed by atoms with van der Waals surface area (Å²) in [4.78, 5) is 12.4. The standard InChI is InChI=1S/C17H16ClNO/c18-15-7-5-12(6-8-15)9-17(20)16-10-13-3-1-2-4-14(13)11-19-16/h1-8,16,19H,9-11H2. The minimum absolute atomic E-state index is 0.0828. The van der Waals surface area contributed by atoms with Crippen LogP contribution in [0.4, 0.5) is 0 Å². The molecule has 0 radical (unpaired) electrons. The molecule has 3 heteroatoms. The lowest BCUT2D eigenvalue weighted by Crippen LogP contribution is -2.42. The number of hydrogen-bond acceptors (Lipinski definition) is 2. The molecule has 2 aromatic rings. The normalized spacial score (nSPS) is 17.6. The summed E-state index contributed by atoms with van der Waals surface area (Å²) in [5.41, 5.74) is 3.59. The second-order valence-corrected chi connectivity index (χ2v) is 5.61. The summed E-state index contributed by atoms with van der Waals surface area (Å²) >= 11 is 5.86. The SMILES string of the molecule is O=C(Cc1ccc(Cl)cc1)C1Cc2ccccc2CN1. The van der Waals surface area contributed by atoms with Gasteiger partial charge in [-0.3, -0.25) is 4.79 Å². The predicted molar refractivity (Wildman–Crippen MR) is 80.9 cm³/mol. The van der Waals surface area contributed by atoms with Crippen LogP contribution < -0.4 is 5.32 Å². The topological polar surface area (TPSA) is 29.1 Å². The van der Waals surface area contributed by atoms with Gasteiger partial charge in [-0.2, -0.15) is 0 Å². The van der Waals surface area contributed by atoms with E-state index < -0.39 is 0 Å². The van der Waals surface area contributed by atoms with Gasteiger partial charge in [0.15, 0.2) is 5.78 Å². The van der Waals surface area contributed by atoms with Gasteiger partial charge in [-0.25, -0.2) is 0 Å². The van der Waals surface area contributed by atoms with E-state index in [2.05, 4.69) is 17.4 Å². The highest BCUT2D eigenvalue weighted by molar-refractivity contribution is 6.30. The molecule has 0 spiro atoms. The molecule has 0 saturated carbocycles. The highest BCUT2D eigenvalue weighted by Crippen LogP contribution is 2.18. The van der Waals surface area contributed by atoms with E-state index in [1.807, 2.05) is 36.4 Å². The third-order valence-corrected chi connectivity index (χ3v) is 4.01. The fraction of sp³-hybridized carbons (Fsp3) is 0.235. The van der Waals surface area contributed by atoms with Crippen molar-refractivity contribution < 1.29 is 4.79 Å². The van der Waals surface area contributed by atoms with E-state index in [4.69, 9.17) is 11.6 Å². The number of rotatable bonds is 3. The molecule has 0 aromatic heterocycles. The molecule has 1 N–H and O–H groups in total. The van der Waals surface area contributed by atoms with Crippen molar-refractivity contribution in [1.82, 2.24) is 5.32 Å². The minimum atomic E-state index is -0.0828. The fourth-order valence-electron chi connectivity index (χ4n) is 2.61. The van der Waals surface area contributed by atoms with Gasteiger partial charge in [0.25, 0.3) is 0 Å². The molecule has 1 atom stereocenters. The Morgan fingerprint density at radius 1 is 1.10 bits per heavy atom. The van der Waals surface area contributed by atoms with Crippen molar-refractivity contribution in [2.24, 2.45) is 0 Å².